The fourth-order valence-corrected chi connectivity index (χ4v) is 3.30. The molecule has 0 spiro atoms. The number of rotatable bonds is 7. The average Bonchev–Trinajstić information content (AvgIpc) is 2.34. The Hall–Kier alpha value is -0.910. The third-order valence-electron chi connectivity index (χ3n) is 2.74. The maximum atomic E-state index is 12.4. The maximum Gasteiger partial charge on any atom is 0.243 e. The topological polar surface area (TPSA) is 57.6 Å². The van der Waals surface area contributed by atoms with Gasteiger partial charge in [-0.15, -0.1) is 0 Å². The van der Waals surface area contributed by atoms with Crippen LogP contribution in [0.15, 0.2) is 29.2 Å². The van der Waals surface area contributed by atoms with E-state index in [1.807, 2.05) is 19.9 Å². The number of aliphatic hydroxyl groups excluding tert-OH is 1. The molecule has 0 amide bonds. The molecular weight excluding hydrogens is 250 g/mol. The second-order valence-electron chi connectivity index (χ2n) is 4.30. The molecule has 0 heterocycles. The van der Waals surface area contributed by atoms with E-state index in [0.29, 0.717) is 11.4 Å². The molecule has 0 aliphatic heterocycles. The van der Waals surface area contributed by atoms with Crippen LogP contribution in [-0.2, 0) is 10.0 Å². The molecule has 0 atom stereocenters. The van der Waals surface area contributed by atoms with Crippen molar-refractivity contribution >= 4 is 10.0 Å². The molecule has 4 nitrogen and oxygen atoms in total. The van der Waals surface area contributed by atoms with Crippen LogP contribution in [0.3, 0.4) is 0 Å². The molecule has 1 aromatic carbocycles. The molecule has 0 bridgehead atoms. The predicted molar refractivity (Wildman–Crippen MR) is 71.9 cm³/mol. The van der Waals surface area contributed by atoms with E-state index in [9.17, 15) is 8.42 Å². The van der Waals surface area contributed by atoms with Gasteiger partial charge >= 0.3 is 0 Å². The first-order valence-electron chi connectivity index (χ1n) is 6.20. The van der Waals surface area contributed by atoms with Crippen LogP contribution >= 0.6 is 0 Å². The van der Waals surface area contributed by atoms with Crippen molar-refractivity contribution < 1.29 is 13.5 Å². The van der Waals surface area contributed by atoms with Gasteiger partial charge in [0.2, 0.25) is 10.0 Å². The van der Waals surface area contributed by atoms with Gasteiger partial charge in [0.1, 0.15) is 0 Å². The fraction of sp³-hybridized carbons (Fsp3) is 0.538. The van der Waals surface area contributed by atoms with Gasteiger partial charge in [0.25, 0.3) is 0 Å². The van der Waals surface area contributed by atoms with Gasteiger partial charge in [-0.3, -0.25) is 0 Å². The van der Waals surface area contributed by atoms with Crippen molar-refractivity contribution in [3.05, 3.63) is 29.8 Å². The summed E-state index contributed by atoms with van der Waals surface area (Å²) in [6, 6.07) is 6.85. The molecule has 5 heteroatoms. The van der Waals surface area contributed by atoms with Crippen LogP contribution in [-0.4, -0.2) is 37.5 Å². The quantitative estimate of drug-likeness (QED) is 0.822. The zero-order valence-corrected chi connectivity index (χ0v) is 11.8. The Bertz CT molecular complexity index is 471. The molecule has 18 heavy (non-hydrogen) atoms. The van der Waals surface area contributed by atoms with E-state index >= 15 is 0 Å². The highest BCUT2D eigenvalue weighted by molar-refractivity contribution is 7.89. The summed E-state index contributed by atoms with van der Waals surface area (Å²) in [5, 5.41) is 8.99. The molecule has 1 aromatic rings. The highest BCUT2D eigenvalue weighted by Gasteiger charge is 2.23. The van der Waals surface area contributed by atoms with Crippen molar-refractivity contribution in [1.82, 2.24) is 4.31 Å². The number of benzene rings is 1. The lowest BCUT2D eigenvalue weighted by Crippen LogP contribution is -2.34. The van der Waals surface area contributed by atoms with Gasteiger partial charge in [-0.2, -0.15) is 4.31 Å². The van der Waals surface area contributed by atoms with Crippen molar-refractivity contribution in [2.45, 2.75) is 31.6 Å². The number of sulfonamides is 1. The van der Waals surface area contributed by atoms with Crippen LogP contribution in [0.25, 0.3) is 0 Å². The predicted octanol–water partition coefficient (Wildman–Crippen LogP) is 1.78. The van der Waals surface area contributed by atoms with Gasteiger partial charge in [0, 0.05) is 13.1 Å². The third-order valence-corrected chi connectivity index (χ3v) is 4.63. The van der Waals surface area contributed by atoms with Crippen molar-refractivity contribution in [2.24, 2.45) is 0 Å². The Morgan fingerprint density at radius 2 is 2.00 bits per heavy atom. The van der Waals surface area contributed by atoms with Crippen LogP contribution in [0.2, 0.25) is 0 Å². The maximum absolute atomic E-state index is 12.4. The Labute approximate surface area is 109 Å². The zero-order valence-electron chi connectivity index (χ0n) is 11.0. The summed E-state index contributed by atoms with van der Waals surface area (Å²) in [4.78, 5) is 0.298. The van der Waals surface area contributed by atoms with Gasteiger partial charge in [-0.25, -0.2) is 8.42 Å². The van der Waals surface area contributed by atoms with E-state index in [-0.39, 0.29) is 13.2 Å². The summed E-state index contributed by atoms with van der Waals surface area (Å²) < 4.78 is 26.1. The monoisotopic (exact) mass is 271 g/mol. The van der Waals surface area contributed by atoms with Crippen molar-refractivity contribution in [2.75, 3.05) is 19.7 Å². The normalized spacial score (nSPS) is 12.0. The third kappa shape index (κ3) is 3.80. The molecule has 1 N–H and O–H groups in total. The lowest BCUT2D eigenvalue weighted by Gasteiger charge is -2.21. The molecule has 0 aliphatic rings. The number of hydrogen-bond donors (Lipinski definition) is 1. The molecule has 0 unspecified atom stereocenters. The second-order valence-corrected chi connectivity index (χ2v) is 6.24. The summed E-state index contributed by atoms with van der Waals surface area (Å²) in [7, 11) is -3.48. The Morgan fingerprint density at radius 1 is 1.28 bits per heavy atom. The lowest BCUT2D eigenvalue weighted by molar-refractivity contribution is 0.252. The summed E-state index contributed by atoms with van der Waals surface area (Å²) in [5.74, 6) is 0. The fourth-order valence-electron chi connectivity index (χ4n) is 1.72. The summed E-state index contributed by atoms with van der Waals surface area (Å²) in [6.07, 6.45) is 1.72. The Morgan fingerprint density at radius 3 is 2.56 bits per heavy atom. The highest BCUT2D eigenvalue weighted by atomic mass is 32.2. The summed E-state index contributed by atoms with van der Waals surface area (Å²) in [6.45, 7) is 4.32. The van der Waals surface area contributed by atoms with E-state index in [1.54, 1.807) is 18.2 Å². The van der Waals surface area contributed by atoms with Crippen LogP contribution in [0.4, 0.5) is 0 Å². The molecule has 0 saturated heterocycles. The lowest BCUT2D eigenvalue weighted by atomic mass is 10.2. The van der Waals surface area contributed by atoms with Crippen molar-refractivity contribution in [1.29, 1.82) is 0 Å². The summed E-state index contributed by atoms with van der Waals surface area (Å²) in [5.41, 5.74) is 0.913. The van der Waals surface area contributed by atoms with Gasteiger partial charge in [-0.05, 0) is 31.0 Å². The van der Waals surface area contributed by atoms with Crippen molar-refractivity contribution in [3.8, 4) is 0 Å². The van der Waals surface area contributed by atoms with Crippen LogP contribution in [0.1, 0.15) is 25.3 Å². The largest absolute Gasteiger partial charge is 0.395 e. The second kappa shape index (κ2) is 6.87. The molecule has 0 aromatic heterocycles. The molecular formula is C13H21NO3S. The smallest absolute Gasteiger partial charge is 0.243 e. The molecule has 0 saturated carbocycles. The minimum absolute atomic E-state index is 0.149. The van der Waals surface area contributed by atoms with Crippen LogP contribution in [0.5, 0.6) is 0 Å². The number of aliphatic hydroxyl groups is 1. The molecule has 102 valence electrons. The summed E-state index contributed by atoms with van der Waals surface area (Å²) >= 11 is 0. The van der Waals surface area contributed by atoms with Crippen LogP contribution in [0, 0.1) is 6.92 Å². The van der Waals surface area contributed by atoms with E-state index in [0.717, 1.165) is 18.4 Å². The number of nitrogens with zero attached hydrogens (tertiary/aromatic N) is 1. The minimum Gasteiger partial charge on any atom is -0.395 e. The van der Waals surface area contributed by atoms with Crippen molar-refractivity contribution in [3.63, 3.8) is 0 Å². The number of aryl methyl sites for hydroxylation is 1. The zero-order chi connectivity index (χ0) is 13.6. The highest BCUT2D eigenvalue weighted by Crippen LogP contribution is 2.17. The van der Waals surface area contributed by atoms with Gasteiger partial charge in [0.15, 0.2) is 0 Å². The van der Waals surface area contributed by atoms with E-state index < -0.39 is 10.0 Å². The first-order chi connectivity index (χ1) is 8.52. The standard InChI is InChI=1S/C13H21NO3S/c1-3-4-8-14(9-10-15)18(16,17)13-7-5-6-12(2)11-13/h5-7,11,15H,3-4,8-10H2,1-2H3. The molecule has 0 fully saturated rings. The molecule has 0 radical (unpaired) electrons. The molecule has 0 aliphatic carbocycles. The first-order valence-corrected chi connectivity index (χ1v) is 7.64. The Kier molecular flexibility index (Phi) is 5.78. The van der Waals surface area contributed by atoms with E-state index in [4.69, 9.17) is 5.11 Å². The Balaban J connectivity index is 3.00. The van der Waals surface area contributed by atoms with Crippen LogP contribution < -0.4 is 0 Å². The average molecular weight is 271 g/mol. The van der Waals surface area contributed by atoms with Gasteiger partial charge in [0.05, 0.1) is 11.5 Å². The minimum atomic E-state index is -3.48. The van der Waals surface area contributed by atoms with Gasteiger partial charge in [-0.1, -0.05) is 25.5 Å². The molecule has 1 rings (SSSR count). The number of unbranched alkanes of at least 4 members (excludes halogenated alkanes) is 1. The van der Waals surface area contributed by atoms with Gasteiger partial charge < -0.3 is 5.11 Å². The van der Waals surface area contributed by atoms with E-state index in [2.05, 4.69) is 0 Å². The first kappa shape index (κ1) is 15.1. The number of hydrogen-bond acceptors (Lipinski definition) is 3. The van der Waals surface area contributed by atoms with E-state index in [1.165, 1.54) is 4.31 Å². The SMILES string of the molecule is CCCCN(CCO)S(=O)(=O)c1cccc(C)c1.